The van der Waals surface area contributed by atoms with Gasteiger partial charge in [0, 0.05) is 31.6 Å². The largest absolute Gasteiger partial charge is 0.497 e. The minimum atomic E-state index is -0.0814. The molecule has 2 rings (SSSR count). The molecule has 0 spiro atoms. The quantitative estimate of drug-likeness (QED) is 0.865. The lowest BCUT2D eigenvalue weighted by Crippen LogP contribution is -2.33. The van der Waals surface area contributed by atoms with E-state index in [-0.39, 0.29) is 11.8 Å². The first-order valence-corrected chi connectivity index (χ1v) is 6.81. The molecular formula is C15H20N2O3. The number of hydrogen-bond donors (Lipinski definition) is 1. The Bertz CT molecular complexity index is 480. The summed E-state index contributed by atoms with van der Waals surface area (Å²) in [6, 6.07) is 7.52. The molecule has 1 aliphatic carbocycles. The van der Waals surface area contributed by atoms with Gasteiger partial charge in [-0.1, -0.05) is 0 Å². The van der Waals surface area contributed by atoms with Crippen LogP contribution >= 0.6 is 0 Å². The highest BCUT2D eigenvalue weighted by Gasteiger charge is 2.30. The zero-order valence-corrected chi connectivity index (χ0v) is 11.9. The summed E-state index contributed by atoms with van der Waals surface area (Å²) in [7, 11) is 1.60. The molecular weight excluding hydrogens is 256 g/mol. The van der Waals surface area contributed by atoms with Crippen molar-refractivity contribution in [2.24, 2.45) is 0 Å². The second kappa shape index (κ2) is 6.41. The van der Waals surface area contributed by atoms with Gasteiger partial charge in [-0.05, 0) is 37.1 Å². The third-order valence-electron chi connectivity index (χ3n) is 3.35. The Balaban J connectivity index is 1.80. The molecule has 1 N–H and O–H groups in total. The lowest BCUT2D eigenvalue weighted by molar-refractivity contribution is -0.129. The highest BCUT2D eigenvalue weighted by molar-refractivity contribution is 5.91. The molecule has 108 valence electrons. The van der Waals surface area contributed by atoms with Crippen LogP contribution in [0.3, 0.4) is 0 Å². The first-order chi connectivity index (χ1) is 9.60. The summed E-state index contributed by atoms with van der Waals surface area (Å²) >= 11 is 0. The van der Waals surface area contributed by atoms with Crippen molar-refractivity contribution < 1.29 is 14.3 Å². The Labute approximate surface area is 118 Å². The van der Waals surface area contributed by atoms with E-state index in [2.05, 4.69) is 5.32 Å². The van der Waals surface area contributed by atoms with E-state index < -0.39 is 0 Å². The molecule has 20 heavy (non-hydrogen) atoms. The number of nitrogens with zero attached hydrogens (tertiary/aromatic N) is 1. The number of methoxy groups -OCH3 is 1. The van der Waals surface area contributed by atoms with E-state index >= 15 is 0 Å². The fourth-order valence-electron chi connectivity index (χ4n) is 2.10. The number of nitrogens with one attached hydrogen (secondary N) is 1. The minimum absolute atomic E-state index is 0.0461. The van der Waals surface area contributed by atoms with Crippen molar-refractivity contribution in [3.63, 3.8) is 0 Å². The van der Waals surface area contributed by atoms with Crippen LogP contribution in [0.5, 0.6) is 5.75 Å². The van der Waals surface area contributed by atoms with Crippen molar-refractivity contribution in [1.29, 1.82) is 0 Å². The molecule has 2 amide bonds. The highest BCUT2D eigenvalue weighted by atomic mass is 16.5. The number of anilines is 1. The third kappa shape index (κ3) is 3.98. The van der Waals surface area contributed by atoms with Crippen molar-refractivity contribution in [3.05, 3.63) is 24.3 Å². The SMILES string of the molecule is COc1ccc(NC(=O)CCN(C(C)=O)C2CC2)cc1. The van der Waals surface area contributed by atoms with Crippen molar-refractivity contribution in [1.82, 2.24) is 4.90 Å². The van der Waals surface area contributed by atoms with E-state index in [4.69, 9.17) is 4.74 Å². The van der Waals surface area contributed by atoms with Gasteiger partial charge in [-0.25, -0.2) is 0 Å². The highest BCUT2D eigenvalue weighted by Crippen LogP contribution is 2.27. The zero-order valence-electron chi connectivity index (χ0n) is 11.9. The Morgan fingerprint density at radius 2 is 1.95 bits per heavy atom. The molecule has 0 bridgehead atoms. The zero-order chi connectivity index (χ0) is 14.5. The summed E-state index contributed by atoms with van der Waals surface area (Å²) in [6.45, 7) is 2.04. The smallest absolute Gasteiger partial charge is 0.226 e. The molecule has 1 fully saturated rings. The molecule has 5 heteroatoms. The summed E-state index contributed by atoms with van der Waals surface area (Å²) in [5.41, 5.74) is 0.733. The molecule has 0 unspecified atom stereocenters. The number of hydrogen-bond acceptors (Lipinski definition) is 3. The monoisotopic (exact) mass is 276 g/mol. The molecule has 1 aromatic rings. The van der Waals surface area contributed by atoms with E-state index in [9.17, 15) is 9.59 Å². The molecule has 5 nitrogen and oxygen atoms in total. The molecule has 1 saturated carbocycles. The van der Waals surface area contributed by atoms with Gasteiger partial charge in [0.05, 0.1) is 7.11 Å². The number of benzene rings is 1. The lowest BCUT2D eigenvalue weighted by Gasteiger charge is -2.20. The van der Waals surface area contributed by atoms with Crippen LogP contribution in [-0.4, -0.2) is 36.4 Å². The van der Waals surface area contributed by atoms with Gasteiger partial charge in [0.2, 0.25) is 11.8 Å². The second-order valence-electron chi connectivity index (χ2n) is 4.97. The Morgan fingerprint density at radius 1 is 1.30 bits per heavy atom. The predicted molar refractivity (Wildman–Crippen MR) is 76.6 cm³/mol. The van der Waals surface area contributed by atoms with Gasteiger partial charge in [0.25, 0.3) is 0 Å². The van der Waals surface area contributed by atoms with Crippen LogP contribution in [0.2, 0.25) is 0 Å². The first-order valence-electron chi connectivity index (χ1n) is 6.81. The molecule has 0 aromatic heterocycles. The summed E-state index contributed by atoms with van der Waals surface area (Å²) < 4.78 is 5.06. The van der Waals surface area contributed by atoms with Crippen LogP contribution in [0, 0.1) is 0 Å². The van der Waals surface area contributed by atoms with Gasteiger partial charge in [-0.15, -0.1) is 0 Å². The van der Waals surface area contributed by atoms with E-state index in [1.54, 1.807) is 43.2 Å². The first kappa shape index (κ1) is 14.4. The molecule has 0 heterocycles. The van der Waals surface area contributed by atoms with Crippen LogP contribution in [-0.2, 0) is 9.59 Å². The van der Waals surface area contributed by atoms with Crippen LogP contribution in [0.4, 0.5) is 5.69 Å². The third-order valence-corrected chi connectivity index (χ3v) is 3.35. The second-order valence-corrected chi connectivity index (χ2v) is 4.97. The van der Waals surface area contributed by atoms with E-state index in [1.165, 1.54) is 0 Å². The summed E-state index contributed by atoms with van der Waals surface area (Å²) in [6.07, 6.45) is 2.43. The maximum absolute atomic E-state index is 11.9. The summed E-state index contributed by atoms with van der Waals surface area (Å²) in [4.78, 5) is 25.1. The fraction of sp³-hybridized carbons (Fsp3) is 0.467. The van der Waals surface area contributed by atoms with Gasteiger partial charge in [0.1, 0.15) is 5.75 Å². The van der Waals surface area contributed by atoms with Gasteiger partial charge < -0.3 is 15.0 Å². The molecule has 0 aliphatic heterocycles. The van der Waals surface area contributed by atoms with Crippen molar-refractivity contribution in [3.8, 4) is 5.75 Å². The van der Waals surface area contributed by atoms with Gasteiger partial charge >= 0.3 is 0 Å². The molecule has 0 saturated heterocycles. The van der Waals surface area contributed by atoms with E-state index in [0.717, 1.165) is 24.3 Å². The number of carbonyl (C=O) groups is 2. The molecule has 1 aliphatic rings. The van der Waals surface area contributed by atoms with Crippen LogP contribution in [0.15, 0.2) is 24.3 Å². The Morgan fingerprint density at radius 3 is 2.45 bits per heavy atom. The van der Waals surface area contributed by atoms with Gasteiger partial charge in [-0.2, -0.15) is 0 Å². The minimum Gasteiger partial charge on any atom is -0.497 e. The number of rotatable bonds is 6. The number of amides is 2. The van der Waals surface area contributed by atoms with Gasteiger partial charge in [0.15, 0.2) is 0 Å². The Hall–Kier alpha value is -2.04. The maximum atomic E-state index is 11.9. The van der Waals surface area contributed by atoms with E-state index in [1.807, 2.05) is 0 Å². The Kier molecular flexibility index (Phi) is 4.61. The topological polar surface area (TPSA) is 58.6 Å². The van der Waals surface area contributed by atoms with Crippen molar-refractivity contribution in [2.45, 2.75) is 32.2 Å². The lowest BCUT2D eigenvalue weighted by atomic mass is 10.3. The van der Waals surface area contributed by atoms with Crippen molar-refractivity contribution >= 4 is 17.5 Å². The normalized spacial score (nSPS) is 13.7. The summed E-state index contributed by atoms with van der Waals surface area (Å²) in [5.74, 6) is 0.714. The maximum Gasteiger partial charge on any atom is 0.226 e. The van der Waals surface area contributed by atoms with Crippen LogP contribution in [0.1, 0.15) is 26.2 Å². The van der Waals surface area contributed by atoms with Crippen molar-refractivity contribution in [2.75, 3.05) is 19.0 Å². The number of ether oxygens (including phenoxy) is 1. The fourth-order valence-corrected chi connectivity index (χ4v) is 2.10. The van der Waals surface area contributed by atoms with E-state index in [0.29, 0.717) is 19.0 Å². The van der Waals surface area contributed by atoms with Crippen LogP contribution < -0.4 is 10.1 Å². The van der Waals surface area contributed by atoms with Gasteiger partial charge in [-0.3, -0.25) is 9.59 Å². The molecule has 0 atom stereocenters. The summed E-state index contributed by atoms with van der Waals surface area (Å²) in [5, 5.41) is 2.81. The predicted octanol–water partition coefficient (Wildman–Crippen LogP) is 2.03. The molecule has 1 aromatic carbocycles. The van der Waals surface area contributed by atoms with Crippen LogP contribution in [0.25, 0.3) is 0 Å². The standard InChI is InChI=1S/C15H20N2O3/c1-11(18)17(13-5-6-13)10-9-15(19)16-12-3-7-14(20-2)8-4-12/h3-4,7-8,13H,5-6,9-10H2,1-2H3,(H,16,19). The average molecular weight is 276 g/mol. The average Bonchev–Trinajstić information content (AvgIpc) is 3.24. The number of carbonyl (C=O) groups excluding carboxylic acids is 2. The molecule has 0 radical (unpaired) electrons.